The molecular formula is C21H22N2O3. The lowest BCUT2D eigenvalue weighted by molar-refractivity contribution is -0.125. The minimum absolute atomic E-state index is 0.0559. The third kappa shape index (κ3) is 4.17. The van der Waals surface area contributed by atoms with Crippen molar-refractivity contribution in [1.82, 2.24) is 5.32 Å². The van der Waals surface area contributed by atoms with E-state index in [1.54, 1.807) is 24.3 Å². The number of hydrogen-bond donors (Lipinski definition) is 2. The molecule has 0 radical (unpaired) electrons. The van der Waals surface area contributed by atoms with Gasteiger partial charge in [-0.05, 0) is 38.0 Å². The molecule has 0 bridgehead atoms. The molecule has 0 heterocycles. The summed E-state index contributed by atoms with van der Waals surface area (Å²) in [7, 11) is 0. The van der Waals surface area contributed by atoms with Gasteiger partial charge in [0.2, 0.25) is 11.8 Å². The third-order valence-electron chi connectivity index (χ3n) is 4.66. The molecule has 2 aromatic rings. The topological polar surface area (TPSA) is 75.3 Å². The second kappa shape index (κ2) is 7.52. The van der Waals surface area contributed by atoms with Crippen molar-refractivity contribution >= 4 is 23.3 Å². The standard InChI is InChI=1S/C21H22N2O3/c1-13(15-7-4-3-5-8-15)22-20(25)18-12-19(18)21(26)23-17-10-6-9-16(11-17)14(2)24/h3-11,13,18-19H,12H2,1-2H3,(H,22,25)(H,23,26). The molecule has 5 nitrogen and oxygen atoms in total. The fourth-order valence-corrected chi connectivity index (χ4v) is 2.97. The normalized spacial score (nSPS) is 19.3. The summed E-state index contributed by atoms with van der Waals surface area (Å²) in [5.74, 6) is -0.951. The van der Waals surface area contributed by atoms with E-state index in [0.29, 0.717) is 17.7 Å². The molecule has 1 fully saturated rings. The number of anilines is 1. The van der Waals surface area contributed by atoms with Crippen molar-refractivity contribution in [3.8, 4) is 0 Å². The summed E-state index contributed by atoms with van der Waals surface area (Å²) < 4.78 is 0. The van der Waals surface area contributed by atoms with Crippen molar-refractivity contribution in [2.45, 2.75) is 26.3 Å². The SMILES string of the molecule is CC(=O)c1cccc(NC(=O)C2CC2C(=O)NC(C)c2ccccc2)c1. The van der Waals surface area contributed by atoms with Gasteiger partial charge in [0.1, 0.15) is 0 Å². The molecule has 2 N–H and O–H groups in total. The molecule has 0 aromatic heterocycles. The van der Waals surface area contributed by atoms with Crippen LogP contribution in [0.15, 0.2) is 54.6 Å². The Kier molecular flexibility index (Phi) is 5.16. The van der Waals surface area contributed by atoms with E-state index in [0.717, 1.165) is 5.56 Å². The van der Waals surface area contributed by atoms with Gasteiger partial charge in [0.05, 0.1) is 17.9 Å². The van der Waals surface area contributed by atoms with Crippen LogP contribution in [-0.4, -0.2) is 17.6 Å². The molecular weight excluding hydrogens is 328 g/mol. The predicted molar refractivity (Wildman–Crippen MR) is 99.7 cm³/mol. The summed E-state index contributed by atoms with van der Waals surface area (Å²) in [5, 5.41) is 5.77. The average Bonchev–Trinajstić information content (AvgIpc) is 3.43. The Morgan fingerprint density at radius 1 is 0.962 bits per heavy atom. The van der Waals surface area contributed by atoms with Gasteiger partial charge >= 0.3 is 0 Å². The smallest absolute Gasteiger partial charge is 0.228 e. The van der Waals surface area contributed by atoms with E-state index >= 15 is 0 Å². The molecule has 2 aromatic carbocycles. The minimum atomic E-state index is -0.320. The molecule has 26 heavy (non-hydrogen) atoms. The second-order valence-corrected chi connectivity index (χ2v) is 6.72. The Balaban J connectivity index is 1.54. The highest BCUT2D eigenvalue weighted by Gasteiger charge is 2.48. The summed E-state index contributed by atoms with van der Waals surface area (Å²) >= 11 is 0. The van der Waals surface area contributed by atoms with E-state index in [9.17, 15) is 14.4 Å². The fraction of sp³-hybridized carbons (Fsp3) is 0.286. The number of hydrogen-bond acceptors (Lipinski definition) is 3. The molecule has 5 heteroatoms. The van der Waals surface area contributed by atoms with E-state index in [1.807, 2.05) is 37.3 Å². The molecule has 0 spiro atoms. The van der Waals surface area contributed by atoms with Gasteiger partial charge in [-0.25, -0.2) is 0 Å². The maximum absolute atomic E-state index is 12.4. The lowest BCUT2D eigenvalue weighted by atomic mass is 10.1. The van der Waals surface area contributed by atoms with E-state index in [-0.39, 0.29) is 35.5 Å². The van der Waals surface area contributed by atoms with Crippen molar-refractivity contribution in [3.63, 3.8) is 0 Å². The van der Waals surface area contributed by atoms with Gasteiger partial charge < -0.3 is 10.6 Å². The number of carbonyl (C=O) groups excluding carboxylic acids is 3. The maximum Gasteiger partial charge on any atom is 0.228 e. The van der Waals surface area contributed by atoms with Crippen LogP contribution in [0.3, 0.4) is 0 Å². The molecule has 2 amide bonds. The summed E-state index contributed by atoms with van der Waals surface area (Å²) in [4.78, 5) is 36.1. The zero-order valence-corrected chi connectivity index (χ0v) is 14.9. The van der Waals surface area contributed by atoms with Crippen molar-refractivity contribution in [2.24, 2.45) is 11.8 Å². The summed E-state index contributed by atoms with van der Waals surface area (Å²) in [6.07, 6.45) is 0.547. The second-order valence-electron chi connectivity index (χ2n) is 6.72. The minimum Gasteiger partial charge on any atom is -0.349 e. The van der Waals surface area contributed by atoms with E-state index in [1.165, 1.54) is 6.92 Å². The highest BCUT2D eigenvalue weighted by atomic mass is 16.2. The van der Waals surface area contributed by atoms with Gasteiger partial charge in [0.15, 0.2) is 5.78 Å². The molecule has 1 aliphatic rings. The molecule has 134 valence electrons. The van der Waals surface area contributed by atoms with Crippen molar-refractivity contribution < 1.29 is 14.4 Å². The lowest BCUT2D eigenvalue weighted by Crippen LogP contribution is -2.29. The van der Waals surface area contributed by atoms with Crippen LogP contribution < -0.4 is 10.6 Å². The first-order valence-electron chi connectivity index (χ1n) is 8.73. The summed E-state index contributed by atoms with van der Waals surface area (Å²) in [6.45, 7) is 3.41. The van der Waals surface area contributed by atoms with Gasteiger partial charge in [-0.15, -0.1) is 0 Å². The van der Waals surface area contributed by atoms with Gasteiger partial charge in [0, 0.05) is 11.3 Å². The van der Waals surface area contributed by atoms with E-state index in [4.69, 9.17) is 0 Å². The highest BCUT2D eigenvalue weighted by molar-refractivity contribution is 6.01. The van der Waals surface area contributed by atoms with Crippen molar-refractivity contribution in [2.75, 3.05) is 5.32 Å². The van der Waals surface area contributed by atoms with E-state index in [2.05, 4.69) is 10.6 Å². The first-order valence-corrected chi connectivity index (χ1v) is 8.73. The molecule has 3 unspecified atom stereocenters. The Bertz CT molecular complexity index is 832. The average molecular weight is 350 g/mol. The van der Waals surface area contributed by atoms with Gasteiger partial charge in [-0.3, -0.25) is 14.4 Å². The maximum atomic E-state index is 12.4. The Morgan fingerprint density at radius 2 is 1.65 bits per heavy atom. The first kappa shape index (κ1) is 17.9. The Labute approximate surface area is 152 Å². The molecule has 0 aliphatic heterocycles. The first-order chi connectivity index (χ1) is 12.5. The monoisotopic (exact) mass is 350 g/mol. The number of benzene rings is 2. The zero-order valence-electron chi connectivity index (χ0n) is 14.9. The largest absolute Gasteiger partial charge is 0.349 e. The van der Waals surface area contributed by atoms with Crippen LogP contribution in [0.25, 0.3) is 0 Å². The van der Waals surface area contributed by atoms with Crippen LogP contribution >= 0.6 is 0 Å². The molecule has 3 atom stereocenters. The van der Waals surface area contributed by atoms with Crippen LogP contribution in [0, 0.1) is 11.8 Å². The molecule has 0 saturated heterocycles. The van der Waals surface area contributed by atoms with Crippen LogP contribution in [0.5, 0.6) is 0 Å². The van der Waals surface area contributed by atoms with Gasteiger partial charge in [-0.1, -0.05) is 42.5 Å². The molecule has 1 saturated carbocycles. The van der Waals surface area contributed by atoms with E-state index < -0.39 is 0 Å². The van der Waals surface area contributed by atoms with Gasteiger partial charge in [0.25, 0.3) is 0 Å². The quantitative estimate of drug-likeness (QED) is 0.785. The van der Waals surface area contributed by atoms with Gasteiger partial charge in [-0.2, -0.15) is 0 Å². The Morgan fingerprint density at radius 3 is 2.35 bits per heavy atom. The van der Waals surface area contributed by atoms with Crippen LogP contribution in [0.1, 0.15) is 42.2 Å². The highest BCUT2D eigenvalue weighted by Crippen LogP contribution is 2.40. The fourth-order valence-electron chi connectivity index (χ4n) is 2.97. The number of nitrogens with one attached hydrogen (secondary N) is 2. The van der Waals surface area contributed by atoms with Crippen LogP contribution in [0.2, 0.25) is 0 Å². The number of carbonyl (C=O) groups is 3. The zero-order chi connectivity index (χ0) is 18.7. The molecule has 1 aliphatic carbocycles. The number of amides is 2. The number of ketones is 1. The van der Waals surface area contributed by atoms with Crippen LogP contribution in [-0.2, 0) is 9.59 Å². The Hall–Kier alpha value is -2.95. The van der Waals surface area contributed by atoms with Crippen LogP contribution in [0.4, 0.5) is 5.69 Å². The summed E-state index contributed by atoms with van der Waals surface area (Å²) in [5.41, 5.74) is 2.15. The predicted octanol–water partition coefficient (Wildman–Crippen LogP) is 3.34. The van der Waals surface area contributed by atoms with Crippen molar-refractivity contribution in [1.29, 1.82) is 0 Å². The third-order valence-corrected chi connectivity index (χ3v) is 4.66. The molecule has 3 rings (SSSR count). The summed E-state index contributed by atoms with van der Waals surface area (Å²) in [6, 6.07) is 16.4. The lowest BCUT2D eigenvalue weighted by Gasteiger charge is -2.14. The number of rotatable bonds is 6. The number of Topliss-reactive ketones (excluding diaryl/α,β-unsaturated/α-hetero) is 1. The van der Waals surface area contributed by atoms with Crippen molar-refractivity contribution in [3.05, 3.63) is 65.7 Å².